The fourth-order valence-electron chi connectivity index (χ4n) is 2.50. The van der Waals surface area contributed by atoms with Crippen molar-refractivity contribution in [3.63, 3.8) is 0 Å². The van der Waals surface area contributed by atoms with Crippen molar-refractivity contribution in [1.29, 1.82) is 0 Å². The maximum atomic E-state index is 12.9. The van der Waals surface area contributed by atoms with Gasteiger partial charge in [0, 0.05) is 5.69 Å². The van der Waals surface area contributed by atoms with E-state index < -0.39 is 26.1 Å². The highest BCUT2D eigenvalue weighted by Crippen LogP contribution is 2.21. The summed E-state index contributed by atoms with van der Waals surface area (Å²) in [6.07, 6.45) is 0.990. The fourth-order valence-corrected chi connectivity index (χ4v) is 4.46. The molecule has 0 bridgehead atoms. The molecule has 0 unspecified atom stereocenters. The summed E-state index contributed by atoms with van der Waals surface area (Å²) in [5.74, 6) is -0.884. The molecule has 2 aromatic carbocycles. The Morgan fingerprint density at radius 2 is 1.83 bits per heavy atom. The summed E-state index contributed by atoms with van der Waals surface area (Å²) >= 11 is 0.937. The number of aromatic amines is 1. The molecule has 3 aromatic rings. The van der Waals surface area contributed by atoms with Gasteiger partial charge < -0.3 is 10.3 Å². The molecule has 1 amide bonds. The van der Waals surface area contributed by atoms with Crippen LogP contribution >= 0.6 is 11.8 Å². The van der Waals surface area contributed by atoms with Gasteiger partial charge in [-0.05, 0) is 61.4 Å². The summed E-state index contributed by atoms with van der Waals surface area (Å²) in [5.41, 5.74) is 1.34. The molecule has 0 spiro atoms. The van der Waals surface area contributed by atoms with Crippen LogP contribution in [0.3, 0.4) is 0 Å². The molecule has 0 fully saturated rings. The predicted octanol–water partition coefficient (Wildman–Crippen LogP) is 3.09. The molecule has 0 saturated carbocycles. The Bertz CT molecular complexity index is 1260. The number of carbonyl (C=O) groups excluding carboxylic acids is 1. The minimum absolute atomic E-state index is 0.0111. The van der Waals surface area contributed by atoms with Gasteiger partial charge in [0.15, 0.2) is 10.1 Å². The maximum Gasteiger partial charge on any atom is 0.270 e. The molecular weight excluding hydrogens is 429 g/mol. The van der Waals surface area contributed by atoms with Gasteiger partial charge in [0.2, 0.25) is 15.7 Å². The number of aromatic nitrogens is 2. The van der Waals surface area contributed by atoms with Crippen LogP contribution < -0.4 is 10.9 Å². The van der Waals surface area contributed by atoms with Gasteiger partial charge in [0.1, 0.15) is 5.82 Å². The molecule has 30 heavy (non-hydrogen) atoms. The van der Waals surface area contributed by atoms with E-state index in [0.717, 1.165) is 29.1 Å². The lowest BCUT2D eigenvalue weighted by atomic mass is 10.1. The van der Waals surface area contributed by atoms with Crippen LogP contribution in [0.2, 0.25) is 0 Å². The Morgan fingerprint density at radius 1 is 1.13 bits per heavy atom. The molecule has 1 aromatic heterocycles. The lowest BCUT2D eigenvalue weighted by Crippen LogP contribution is -2.20. The van der Waals surface area contributed by atoms with E-state index in [0.29, 0.717) is 5.69 Å². The molecule has 10 heteroatoms. The number of benzene rings is 2. The predicted molar refractivity (Wildman–Crippen MR) is 112 cm³/mol. The zero-order valence-corrected chi connectivity index (χ0v) is 17.7. The van der Waals surface area contributed by atoms with Crippen LogP contribution in [0.4, 0.5) is 10.1 Å². The van der Waals surface area contributed by atoms with Crippen molar-refractivity contribution in [3.8, 4) is 0 Å². The van der Waals surface area contributed by atoms with Crippen molar-refractivity contribution >= 4 is 33.2 Å². The Kier molecular flexibility index (Phi) is 6.37. The Morgan fingerprint density at radius 3 is 2.47 bits per heavy atom. The van der Waals surface area contributed by atoms with Crippen molar-refractivity contribution in [2.45, 2.75) is 28.8 Å². The second-order valence-electron chi connectivity index (χ2n) is 6.47. The van der Waals surface area contributed by atoms with Crippen molar-refractivity contribution < 1.29 is 17.6 Å². The number of nitrogens with one attached hydrogen (secondary N) is 2. The minimum atomic E-state index is -4.03. The van der Waals surface area contributed by atoms with Crippen LogP contribution in [0.1, 0.15) is 11.1 Å². The number of carbonyl (C=O) groups is 1. The third kappa shape index (κ3) is 4.95. The second-order valence-corrected chi connectivity index (χ2v) is 9.36. The van der Waals surface area contributed by atoms with Crippen LogP contribution in [-0.4, -0.2) is 30.0 Å². The zero-order valence-electron chi connectivity index (χ0n) is 16.1. The molecule has 1 heterocycles. The molecule has 0 radical (unpaired) electrons. The minimum Gasteiger partial charge on any atom is -0.325 e. The number of halogens is 1. The SMILES string of the molecule is Cc1ccc(S(=O)(=O)c2cnc(SCC(=O)Nc3ccc(F)cc3)[nH]c2=O)cc1C. The first-order valence-corrected chi connectivity index (χ1v) is 11.2. The summed E-state index contributed by atoms with van der Waals surface area (Å²) in [6.45, 7) is 3.64. The third-order valence-electron chi connectivity index (χ3n) is 4.29. The molecule has 0 aliphatic heterocycles. The van der Waals surface area contributed by atoms with E-state index in [1.165, 1.54) is 36.4 Å². The average Bonchev–Trinajstić information content (AvgIpc) is 2.70. The smallest absolute Gasteiger partial charge is 0.270 e. The number of amides is 1. The van der Waals surface area contributed by atoms with Gasteiger partial charge in [-0.15, -0.1) is 0 Å². The first-order chi connectivity index (χ1) is 14.2. The number of hydrogen-bond donors (Lipinski definition) is 2. The van der Waals surface area contributed by atoms with Crippen LogP contribution in [0.15, 0.2) is 68.4 Å². The van der Waals surface area contributed by atoms with E-state index >= 15 is 0 Å². The third-order valence-corrected chi connectivity index (χ3v) is 6.92. The summed E-state index contributed by atoms with van der Waals surface area (Å²) in [4.78, 5) is 30.2. The van der Waals surface area contributed by atoms with Crippen LogP contribution in [0.25, 0.3) is 0 Å². The van der Waals surface area contributed by atoms with E-state index in [1.54, 1.807) is 13.0 Å². The van der Waals surface area contributed by atoms with E-state index in [2.05, 4.69) is 15.3 Å². The van der Waals surface area contributed by atoms with Gasteiger partial charge in [-0.25, -0.2) is 17.8 Å². The first kappa shape index (κ1) is 21.7. The Labute approximate surface area is 176 Å². The number of H-pyrrole nitrogens is 1. The van der Waals surface area contributed by atoms with Crippen molar-refractivity contribution in [2.75, 3.05) is 11.1 Å². The molecule has 7 nitrogen and oxygen atoms in total. The lowest BCUT2D eigenvalue weighted by Gasteiger charge is -2.07. The highest BCUT2D eigenvalue weighted by molar-refractivity contribution is 7.99. The molecule has 0 atom stereocenters. The molecular formula is C20H18FN3O4S2. The largest absolute Gasteiger partial charge is 0.325 e. The van der Waals surface area contributed by atoms with Crippen molar-refractivity contribution in [1.82, 2.24) is 9.97 Å². The van der Waals surface area contributed by atoms with Crippen LogP contribution in [0, 0.1) is 19.7 Å². The highest BCUT2D eigenvalue weighted by atomic mass is 32.2. The number of nitrogens with zero attached hydrogens (tertiary/aromatic N) is 1. The number of hydrogen-bond acceptors (Lipinski definition) is 6. The lowest BCUT2D eigenvalue weighted by molar-refractivity contribution is -0.113. The molecule has 156 valence electrons. The zero-order chi connectivity index (χ0) is 21.9. The molecule has 0 aliphatic rings. The van der Waals surface area contributed by atoms with E-state index in [1.807, 2.05) is 6.92 Å². The van der Waals surface area contributed by atoms with Gasteiger partial charge in [0.05, 0.1) is 16.8 Å². The normalized spacial score (nSPS) is 11.3. The van der Waals surface area contributed by atoms with Crippen LogP contribution in [0.5, 0.6) is 0 Å². The van der Waals surface area contributed by atoms with E-state index in [-0.39, 0.29) is 21.7 Å². The topological polar surface area (TPSA) is 109 Å². The van der Waals surface area contributed by atoms with Gasteiger partial charge >= 0.3 is 0 Å². The van der Waals surface area contributed by atoms with E-state index in [4.69, 9.17) is 0 Å². The monoisotopic (exact) mass is 447 g/mol. The highest BCUT2D eigenvalue weighted by Gasteiger charge is 2.23. The van der Waals surface area contributed by atoms with Gasteiger partial charge in [-0.1, -0.05) is 17.8 Å². The number of anilines is 1. The number of rotatable bonds is 6. The standard InChI is InChI=1S/C20H18FN3O4S2/c1-12-3-8-16(9-13(12)2)30(27,28)17-10-22-20(24-19(17)26)29-11-18(25)23-15-6-4-14(21)5-7-15/h3-10H,11H2,1-2H3,(H,23,25)(H,22,24,26). The molecule has 3 rings (SSSR count). The number of aryl methyl sites for hydroxylation is 2. The quantitative estimate of drug-likeness (QED) is 0.444. The number of sulfone groups is 1. The summed E-state index contributed by atoms with van der Waals surface area (Å²) in [7, 11) is -4.03. The Hall–Kier alpha value is -2.98. The number of thioether (sulfide) groups is 1. The summed E-state index contributed by atoms with van der Waals surface area (Å²) in [5, 5.41) is 2.68. The molecule has 0 aliphatic carbocycles. The van der Waals surface area contributed by atoms with Gasteiger partial charge in [0.25, 0.3) is 5.56 Å². The molecule has 2 N–H and O–H groups in total. The van der Waals surface area contributed by atoms with E-state index in [9.17, 15) is 22.4 Å². The van der Waals surface area contributed by atoms with Crippen molar-refractivity contribution in [3.05, 3.63) is 76.0 Å². The maximum absolute atomic E-state index is 12.9. The summed E-state index contributed by atoms with van der Waals surface area (Å²) < 4.78 is 38.4. The average molecular weight is 448 g/mol. The van der Waals surface area contributed by atoms with Gasteiger partial charge in [-0.3, -0.25) is 9.59 Å². The Balaban J connectivity index is 1.71. The van der Waals surface area contributed by atoms with Crippen LogP contribution in [-0.2, 0) is 14.6 Å². The van der Waals surface area contributed by atoms with Gasteiger partial charge in [-0.2, -0.15) is 0 Å². The first-order valence-electron chi connectivity index (χ1n) is 8.77. The summed E-state index contributed by atoms with van der Waals surface area (Å²) in [6, 6.07) is 9.90. The fraction of sp³-hybridized carbons (Fsp3) is 0.150. The van der Waals surface area contributed by atoms with Crippen molar-refractivity contribution in [2.24, 2.45) is 0 Å². The molecule has 0 saturated heterocycles. The second kappa shape index (κ2) is 8.80.